The maximum Gasteiger partial charge on any atom is 0.348 e. The van der Waals surface area contributed by atoms with Crippen molar-refractivity contribution in [3.05, 3.63) is 54.1 Å². The predicted molar refractivity (Wildman–Crippen MR) is 120 cm³/mol. The molecule has 9 nitrogen and oxygen atoms in total. The average molecular weight is 475 g/mol. The number of anilines is 1. The minimum absolute atomic E-state index is 0.0687. The third kappa shape index (κ3) is 5.02. The van der Waals surface area contributed by atoms with Gasteiger partial charge in [-0.15, -0.1) is 0 Å². The molecule has 33 heavy (non-hydrogen) atoms. The van der Waals surface area contributed by atoms with Crippen LogP contribution in [0.2, 0.25) is 0 Å². The summed E-state index contributed by atoms with van der Waals surface area (Å²) in [5.41, 5.74) is 1.45. The van der Waals surface area contributed by atoms with Gasteiger partial charge in [-0.1, -0.05) is 24.3 Å². The van der Waals surface area contributed by atoms with E-state index in [1.807, 2.05) is 0 Å². The number of rotatable bonds is 6. The SMILES string of the molecule is COC(=O)C1CN(C(=O)CCc2ccc(S(=O)(=O)N3CCOCC3)cc2)c2ccccc2O1. The Balaban J connectivity index is 1.42. The van der Waals surface area contributed by atoms with Gasteiger partial charge in [-0.05, 0) is 36.2 Å². The number of para-hydroxylation sites is 2. The molecule has 1 amide bonds. The number of aryl methyl sites for hydroxylation is 1. The Labute approximate surface area is 192 Å². The van der Waals surface area contributed by atoms with E-state index in [0.717, 1.165) is 5.56 Å². The van der Waals surface area contributed by atoms with Crippen LogP contribution in [0.1, 0.15) is 12.0 Å². The molecule has 2 aliphatic rings. The molecule has 10 heteroatoms. The van der Waals surface area contributed by atoms with E-state index >= 15 is 0 Å². The zero-order valence-electron chi connectivity index (χ0n) is 18.3. The highest BCUT2D eigenvalue weighted by Gasteiger charge is 2.34. The van der Waals surface area contributed by atoms with E-state index in [9.17, 15) is 18.0 Å². The zero-order valence-corrected chi connectivity index (χ0v) is 19.1. The lowest BCUT2D eigenvalue weighted by atomic mass is 10.1. The van der Waals surface area contributed by atoms with Gasteiger partial charge in [0.05, 0.1) is 37.5 Å². The highest BCUT2D eigenvalue weighted by Crippen LogP contribution is 2.34. The number of hydrogen-bond donors (Lipinski definition) is 0. The summed E-state index contributed by atoms with van der Waals surface area (Å²) in [5, 5.41) is 0. The molecule has 2 aliphatic heterocycles. The summed E-state index contributed by atoms with van der Waals surface area (Å²) in [6.07, 6.45) is -0.268. The van der Waals surface area contributed by atoms with Gasteiger partial charge in [-0.3, -0.25) is 4.79 Å². The van der Waals surface area contributed by atoms with Crippen LogP contribution in [-0.2, 0) is 35.5 Å². The van der Waals surface area contributed by atoms with Crippen LogP contribution in [0, 0.1) is 0 Å². The van der Waals surface area contributed by atoms with Crippen LogP contribution < -0.4 is 9.64 Å². The molecule has 0 spiro atoms. The Bertz CT molecular complexity index is 1110. The molecule has 1 unspecified atom stereocenters. The van der Waals surface area contributed by atoms with Crippen LogP contribution in [-0.4, -0.2) is 70.7 Å². The number of carbonyl (C=O) groups excluding carboxylic acids is 2. The minimum Gasteiger partial charge on any atom is -0.475 e. The average Bonchev–Trinajstić information content (AvgIpc) is 2.86. The second kappa shape index (κ2) is 9.90. The zero-order chi connectivity index (χ0) is 23.4. The molecular weight excluding hydrogens is 448 g/mol. The van der Waals surface area contributed by atoms with Crippen LogP contribution in [0.4, 0.5) is 5.69 Å². The molecule has 176 valence electrons. The van der Waals surface area contributed by atoms with E-state index in [4.69, 9.17) is 14.2 Å². The maximum atomic E-state index is 13.0. The molecule has 0 N–H and O–H groups in total. The van der Waals surface area contributed by atoms with Gasteiger partial charge in [0.15, 0.2) is 0 Å². The van der Waals surface area contributed by atoms with Gasteiger partial charge in [-0.25, -0.2) is 13.2 Å². The summed E-state index contributed by atoms with van der Waals surface area (Å²) in [7, 11) is -2.28. The number of esters is 1. The van der Waals surface area contributed by atoms with Crippen LogP contribution in [0.5, 0.6) is 5.75 Å². The molecule has 0 aliphatic carbocycles. The van der Waals surface area contributed by atoms with Crippen molar-refractivity contribution < 1.29 is 32.2 Å². The van der Waals surface area contributed by atoms with Gasteiger partial charge in [0.2, 0.25) is 22.0 Å². The van der Waals surface area contributed by atoms with Gasteiger partial charge in [0, 0.05) is 19.5 Å². The van der Waals surface area contributed by atoms with E-state index < -0.39 is 22.1 Å². The number of ether oxygens (including phenoxy) is 3. The molecule has 2 heterocycles. The second-order valence-corrected chi connectivity index (χ2v) is 9.70. The normalized spacial score (nSPS) is 18.8. The number of fused-ring (bicyclic) bond motifs is 1. The van der Waals surface area contributed by atoms with Crippen molar-refractivity contribution in [1.29, 1.82) is 0 Å². The predicted octanol–water partition coefficient (Wildman–Crippen LogP) is 1.61. The third-order valence-corrected chi connectivity index (χ3v) is 7.61. The van der Waals surface area contributed by atoms with E-state index in [2.05, 4.69) is 0 Å². The smallest absolute Gasteiger partial charge is 0.348 e. The molecule has 1 atom stereocenters. The molecule has 0 bridgehead atoms. The number of nitrogens with zero attached hydrogens (tertiary/aromatic N) is 2. The Hall–Kier alpha value is -2.95. The maximum absolute atomic E-state index is 13.0. The third-order valence-electron chi connectivity index (χ3n) is 5.70. The first-order valence-corrected chi connectivity index (χ1v) is 12.1. The van der Waals surface area contributed by atoms with Crippen molar-refractivity contribution >= 4 is 27.6 Å². The summed E-state index contributed by atoms with van der Waals surface area (Å²) in [6.45, 7) is 1.53. The first kappa shape index (κ1) is 23.2. The molecule has 2 aromatic carbocycles. The molecule has 0 saturated carbocycles. The fourth-order valence-corrected chi connectivity index (χ4v) is 5.28. The summed E-state index contributed by atoms with van der Waals surface area (Å²) in [4.78, 5) is 26.8. The van der Waals surface area contributed by atoms with Gasteiger partial charge >= 0.3 is 5.97 Å². The highest BCUT2D eigenvalue weighted by molar-refractivity contribution is 7.89. The molecule has 0 radical (unpaired) electrons. The summed E-state index contributed by atoms with van der Waals surface area (Å²) in [6, 6.07) is 13.6. The number of methoxy groups -OCH3 is 1. The lowest BCUT2D eigenvalue weighted by molar-refractivity contribution is -0.148. The van der Waals surface area contributed by atoms with Crippen molar-refractivity contribution in [2.45, 2.75) is 23.8 Å². The monoisotopic (exact) mass is 474 g/mol. The highest BCUT2D eigenvalue weighted by atomic mass is 32.2. The number of carbonyl (C=O) groups is 2. The number of benzene rings is 2. The number of morpholine rings is 1. The van der Waals surface area contributed by atoms with Crippen molar-refractivity contribution in [3.8, 4) is 5.75 Å². The summed E-state index contributed by atoms with van der Waals surface area (Å²) < 4.78 is 42.6. The number of sulfonamides is 1. The Morgan fingerprint density at radius 1 is 1.06 bits per heavy atom. The summed E-state index contributed by atoms with van der Waals surface area (Å²) >= 11 is 0. The fraction of sp³-hybridized carbons (Fsp3) is 0.391. The standard InChI is InChI=1S/C23H26N2O7S/c1-30-23(27)21-16-25(19-4-2-3-5-20(19)32-21)22(26)11-8-17-6-9-18(10-7-17)33(28,29)24-12-14-31-15-13-24/h2-7,9-10,21H,8,11-16H2,1H3. The van der Waals surface area contributed by atoms with Gasteiger partial charge in [0.25, 0.3) is 0 Å². The molecule has 4 rings (SSSR count). The van der Waals surface area contributed by atoms with Crippen LogP contribution in [0.25, 0.3) is 0 Å². The van der Waals surface area contributed by atoms with E-state index in [1.165, 1.54) is 16.3 Å². The first-order chi connectivity index (χ1) is 15.9. The molecule has 1 saturated heterocycles. The van der Waals surface area contributed by atoms with E-state index in [1.54, 1.807) is 48.5 Å². The largest absolute Gasteiger partial charge is 0.475 e. The fourth-order valence-electron chi connectivity index (χ4n) is 3.88. The van der Waals surface area contributed by atoms with Crippen molar-refractivity contribution in [1.82, 2.24) is 4.31 Å². The van der Waals surface area contributed by atoms with Gasteiger partial charge < -0.3 is 19.1 Å². The Morgan fingerprint density at radius 2 is 1.76 bits per heavy atom. The number of hydrogen-bond acceptors (Lipinski definition) is 7. The lowest BCUT2D eigenvalue weighted by Crippen LogP contribution is -2.47. The van der Waals surface area contributed by atoms with Crippen molar-refractivity contribution in [2.24, 2.45) is 0 Å². The van der Waals surface area contributed by atoms with Crippen molar-refractivity contribution in [3.63, 3.8) is 0 Å². The lowest BCUT2D eigenvalue weighted by Gasteiger charge is -2.33. The Morgan fingerprint density at radius 3 is 2.45 bits per heavy atom. The second-order valence-electron chi connectivity index (χ2n) is 7.76. The first-order valence-electron chi connectivity index (χ1n) is 10.7. The van der Waals surface area contributed by atoms with Crippen LogP contribution in [0.15, 0.2) is 53.4 Å². The Kier molecular flexibility index (Phi) is 6.96. The van der Waals surface area contributed by atoms with Gasteiger partial charge in [-0.2, -0.15) is 4.31 Å². The van der Waals surface area contributed by atoms with Crippen LogP contribution >= 0.6 is 0 Å². The molecule has 2 aromatic rings. The van der Waals surface area contributed by atoms with Crippen molar-refractivity contribution in [2.75, 3.05) is 44.9 Å². The topological polar surface area (TPSA) is 102 Å². The quantitative estimate of drug-likeness (QED) is 0.586. The van der Waals surface area contributed by atoms with Gasteiger partial charge in [0.1, 0.15) is 5.75 Å². The number of amides is 1. The molecule has 0 aromatic heterocycles. The minimum atomic E-state index is -3.56. The molecular formula is C23H26N2O7S. The van der Waals surface area contributed by atoms with Crippen LogP contribution in [0.3, 0.4) is 0 Å². The molecule has 1 fully saturated rings. The summed E-state index contributed by atoms with van der Waals surface area (Å²) in [5.74, 6) is -0.255. The van der Waals surface area contributed by atoms with E-state index in [0.29, 0.717) is 44.2 Å². The van der Waals surface area contributed by atoms with E-state index in [-0.39, 0.29) is 23.8 Å².